The van der Waals surface area contributed by atoms with Crippen LogP contribution in [0.15, 0.2) is 75.1 Å². The number of methoxy groups -OCH3 is 1. The molecule has 0 radical (unpaired) electrons. The molecule has 2 N–H and O–H groups in total. The predicted molar refractivity (Wildman–Crippen MR) is 139 cm³/mol. The van der Waals surface area contributed by atoms with E-state index in [9.17, 15) is 13.2 Å². The summed E-state index contributed by atoms with van der Waals surface area (Å²) in [5, 5.41) is 4.48. The molecule has 184 valence electrons. The molecule has 0 bridgehead atoms. The summed E-state index contributed by atoms with van der Waals surface area (Å²) in [6, 6.07) is 17.1. The smallest absolute Gasteiger partial charge is 0.255 e. The summed E-state index contributed by atoms with van der Waals surface area (Å²) in [5.74, 6) is 0.312. The zero-order valence-electron chi connectivity index (χ0n) is 18.9. The number of nitrogens with zero attached hydrogens (tertiary/aromatic N) is 1. The van der Waals surface area contributed by atoms with E-state index in [-0.39, 0.29) is 11.5 Å². The SMILES string of the molecule is COc1cc(/C=N\NC(=O)CNS(=O)(=O)c2ccc(C)cc2)cc(Br)c1OCc1ccccc1Cl. The first-order valence-corrected chi connectivity index (χ1v) is 13.0. The summed E-state index contributed by atoms with van der Waals surface area (Å²) in [6.45, 7) is 1.64. The first-order valence-electron chi connectivity index (χ1n) is 10.3. The zero-order chi connectivity index (χ0) is 25.4. The largest absolute Gasteiger partial charge is 0.493 e. The van der Waals surface area contributed by atoms with E-state index >= 15 is 0 Å². The van der Waals surface area contributed by atoms with Crippen molar-refractivity contribution in [1.82, 2.24) is 10.1 Å². The zero-order valence-corrected chi connectivity index (χ0v) is 22.1. The Morgan fingerprint density at radius 2 is 1.86 bits per heavy atom. The van der Waals surface area contributed by atoms with E-state index in [0.717, 1.165) is 11.1 Å². The van der Waals surface area contributed by atoms with E-state index in [4.69, 9.17) is 21.1 Å². The second kappa shape index (κ2) is 12.2. The van der Waals surface area contributed by atoms with Crippen molar-refractivity contribution in [2.24, 2.45) is 5.10 Å². The fourth-order valence-corrected chi connectivity index (χ4v) is 4.65. The molecule has 1 amide bonds. The van der Waals surface area contributed by atoms with Gasteiger partial charge in [0.1, 0.15) is 6.61 Å². The lowest BCUT2D eigenvalue weighted by Gasteiger charge is -2.14. The minimum absolute atomic E-state index is 0.0770. The summed E-state index contributed by atoms with van der Waals surface area (Å²) >= 11 is 9.64. The van der Waals surface area contributed by atoms with Gasteiger partial charge in [0.2, 0.25) is 10.0 Å². The lowest BCUT2D eigenvalue weighted by atomic mass is 10.2. The maximum absolute atomic E-state index is 12.3. The van der Waals surface area contributed by atoms with Crippen LogP contribution in [0.4, 0.5) is 0 Å². The summed E-state index contributed by atoms with van der Waals surface area (Å²) in [4.78, 5) is 12.1. The highest BCUT2D eigenvalue weighted by molar-refractivity contribution is 9.10. The summed E-state index contributed by atoms with van der Waals surface area (Å²) in [6.07, 6.45) is 1.40. The van der Waals surface area contributed by atoms with E-state index in [1.807, 2.05) is 25.1 Å². The number of benzene rings is 3. The molecule has 0 aliphatic rings. The van der Waals surface area contributed by atoms with Gasteiger partial charge in [0, 0.05) is 10.6 Å². The molecule has 3 aromatic rings. The normalized spacial score (nSPS) is 11.4. The quantitative estimate of drug-likeness (QED) is 0.273. The molecular weight excluding hydrogens is 558 g/mol. The van der Waals surface area contributed by atoms with E-state index in [1.165, 1.54) is 25.5 Å². The third kappa shape index (κ3) is 7.53. The number of aryl methyl sites for hydroxylation is 1. The molecule has 11 heteroatoms. The van der Waals surface area contributed by atoms with Crippen LogP contribution in [0.2, 0.25) is 5.02 Å². The number of hydrogen-bond acceptors (Lipinski definition) is 6. The Bertz CT molecular complexity index is 1330. The third-order valence-electron chi connectivity index (χ3n) is 4.74. The van der Waals surface area contributed by atoms with Gasteiger partial charge in [-0.15, -0.1) is 0 Å². The average Bonchev–Trinajstić information content (AvgIpc) is 2.83. The molecule has 0 fully saturated rings. The molecule has 0 aliphatic carbocycles. The third-order valence-corrected chi connectivity index (χ3v) is 7.11. The van der Waals surface area contributed by atoms with Crippen LogP contribution in [0.25, 0.3) is 0 Å². The van der Waals surface area contributed by atoms with Gasteiger partial charge in [-0.05, 0) is 58.7 Å². The number of nitrogens with one attached hydrogen (secondary N) is 2. The van der Waals surface area contributed by atoms with Gasteiger partial charge in [-0.2, -0.15) is 5.10 Å². The van der Waals surface area contributed by atoms with Crippen LogP contribution in [0.1, 0.15) is 16.7 Å². The highest BCUT2D eigenvalue weighted by Gasteiger charge is 2.15. The minimum atomic E-state index is -3.80. The van der Waals surface area contributed by atoms with Gasteiger partial charge in [0.25, 0.3) is 5.91 Å². The number of rotatable bonds is 10. The molecule has 3 rings (SSSR count). The first-order chi connectivity index (χ1) is 16.7. The molecule has 0 aromatic heterocycles. The van der Waals surface area contributed by atoms with E-state index in [0.29, 0.717) is 26.6 Å². The fraction of sp³-hybridized carbons (Fsp3) is 0.167. The standard InChI is InChI=1S/C24H23BrClN3O5S/c1-16-7-9-19(10-8-16)35(31,32)28-14-23(30)29-27-13-17-11-20(25)24(22(12-17)33-2)34-15-18-5-3-4-6-21(18)26/h3-13,28H,14-15H2,1-2H3,(H,29,30)/b27-13-. The molecule has 0 saturated carbocycles. The molecule has 8 nitrogen and oxygen atoms in total. The Morgan fingerprint density at radius 3 is 2.54 bits per heavy atom. The van der Waals surface area contributed by atoms with Crippen LogP contribution in [0, 0.1) is 6.92 Å². The van der Waals surface area contributed by atoms with Gasteiger partial charge >= 0.3 is 0 Å². The van der Waals surface area contributed by atoms with Crippen molar-refractivity contribution >= 4 is 49.7 Å². The number of hydrogen-bond donors (Lipinski definition) is 2. The van der Waals surface area contributed by atoms with E-state index < -0.39 is 22.5 Å². The Kier molecular flexibility index (Phi) is 9.27. The lowest BCUT2D eigenvalue weighted by molar-refractivity contribution is -0.119. The van der Waals surface area contributed by atoms with Gasteiger partial charge in [-0.3, -0.25) is 4.79 Å². The van der Waals surface area contributed by atoms with Crippen molar-refractivity contribution in [2.45, 2.75) is 18.4 Å². The monoisotopic (exact) mass is 579 g/mol. The fourth-order valence-electron chi connectivity index (χ4n) is 2.90. The Hall–Kier alpha value is -2.92. The molecule has 0 atom stereocenters. The Morgan fingerprint density at radius 1 is 1.14 bits per heavy atom. The number of carbonyl (C=O) groups is 1. The molecule has 3 aromatic carbocycles. The van der Waals surface area contributed by atoms with E-state index in [2.05, 4.69) is 31.2 Å². The predicted octanol–water partition coefficient (Wildman–Crippen LogP) is 4.43. The number of ether oxygens (including phenoxy) is 2. The topological polar surface area (TPSA) is 106 Å². The van der Waals surface area contributed by atoms with Gasteiger partial charge in [-0.1, -0.05) is 47.5 Å². The van der Waals surface area contributed by atoms with Crippen LogP contribution in [-0.4, -0.2) is 34.2 Å². The molecule has 0 aliphatic heterocycles. The van der Waals surface area contributed by atoms with Gasteiger partial charge in [0.15, 0.2) is 11.5 Å². The molecule has 0 heterocycles. The molecule has 0 unspecified atom stereocenters. The average molecular weight is 581 g/mol. The summed E-state index contributed by atoms with van der Waals surface area (Å²) in [7, 11) is -2.30. The van der Waals surface area contributed by atoms with Crippen molar-refractivity contribution in [1.29, 1.82) is 0 Å². The van der Waals surface area contributed by atoms with Gasteiger partial charge in [-0.25, -0.2) is 18.6 Å². The maximum atomic E-state index is 12.3. The summed E-state index contributed by atoms with van der Waals surface area (Å²) in [5.41, 5.74) is 4.66. The van der Waals surface area contributed by atoms with Gasteiger partial charge in [0.05, 0.1) is 29.2 Å². The number of amides is 1. The second-order valence-corrected chi connectivity index (χ2v) is 10.4. The number of carbonyl (C=O) groups excluding carboxylic acids is 1. The molecule has 35 heavy (non-hydrogen) atoms. The first kappa shape index (κ1) is 26.7. The Labute approximate surface area is 217 Å². The molecular formula is C24H23BrClN3O5S. The van der Waals surface area contributed by atoms with Crippen molar-refractivity contribution in [3.63, 3.8) is 0 Å². The van der Waals surface area contributed by atoms with Crippen LogP contribution < -0.4 is 19.6 Å². The van der Waals surface area contributed by atoms with Crippen LogP contribution >= 0.6 is 27.5 Å². The number of sulfonamides is 1. The lowest BCUT2D eigenvalue weighted by Crippen LogP contribution is -2.34. The van der Waals surface area contributed by atoms with E-state index in [1.54, 1.807) is 30.3 Å². The highest BCUT2D eigenvalue weighted by Crippen LogP contribution is 2.37. The van der Waals surface area contributed by atoms with Crippen LogP contribution in [0.3, 0.4) is 0 Å². The second-order valence-electron chi connectivity index (χ2n) is 7.34. The maximum Gasteiger partial charge on any atom is 0.255 e. The highest BCUT2D eigenvalue weighted by atomic mass is 79.9. The van der Waals surface area contributed by atoms with Crippen molar-refractivity contribution in [3.8, 4) is 11.5 Å². The number of hydrazone groups is 1. The molecule has 0 saturated heterocycles. The Balaban J connectivity index is 1.59. The molecule has 0 spiro atoms. The minimum Gasteiger partial charge on any atom is -0.493 e. The summed E-state index contributed by atoms with van der Waals surface area (Å²) < 4.78 is 38.7. The van der Waals surface area contributed by atoms with Crippen LogP contribution in [0.5, 0.6) is 11.5 Å². The van der Waals surface area contributed by atoms with Crippen LogP contribution in [-0.2, 0) is 21.4 Å². The number of halogens is 2. The van der Waals surface area contributed by atoms with Crippen molar-refractivity contribution in [3.05, 3.63) is 86.8 Å². The van der Waals surface area contributed by atoms with Crippen molar-refractivity contribution in [2.75, 3.05) is 13.7 Å². The van der Waals surface area contributed by atoms with Gasteiger partial charge < -0.3 is 9.47 Å². The van der Waals surface area contributed by atoms with Crippen molar-refractivity contribution < 1.29 is 22.7 Å².